The fourth-order valence-electron chi connectivity index (χ4n) is 3.13. The highest BCUT2D eigenvalue weighted by Gasteiger charge is 2.28. The third-order valence-electron chi connectivity index (χ3n) is 4.42. The van der Waals surface area contributed by atoms with Crippen LogP contribution in [0.3, 0.4) is 0 Å². The number of nitrogens with zero attached hydrogens (tertiary/aromatic N) is 2. The summed E-state index contributed by atoms with van der Waals surface area (Å²) < 4.78 is 4.82. The van der Waals surface area contributed by atoms with E-state index in [0.29, 0.717) is 11.6 Å². The lowest BCUT2D eigenvalue weighted by Gasteiger charge is -2.40. The zero-order valence-corrected chi connectivity index (χ0v) is 13.5. The molecule has 0 aromatic heterocycles. The second kappa shape index (κ2) is 6.38. The van der Waals surface area contributed by atoms with Crippen molar-refractivity contribution in [2.45, 2.75) is 17.4 Å². The lowest BCUT2D eigenvalue weighted by atomic mass is 9.99. The minimum absolute atomic E-state index is 0.250. The van der Waals surface area contributed by atoms with Crippen LogP contribution in [0.15, 0.2) is 23.1 Å². The molecule has 1 atom stereocenters. The highest BCUT2D eigenvalue weighted by molar-refractivity contribution is 7.99. The van der Waals surface area contributed by atoms with Crippen LogP contribution in [-0.4, -0.2) is 61.9 Å². The Bertz CT molecular complexity index is 527. The van der Waals surface area contributed by atoms with E-state index in [2.05, 4.69) is 22.9 Å². The number of thioether (sulfide) groups is 1. The Morgan fingerprint density at radius 2 is 2.05 bits per heavy atom. The quantitative estimate of drug-likeness (QED) is 0.783. The molecule has 1 aromatic carbocycles. The second-order valence-corrected chi connectivity index (χ2v) is 6.87. The van der Waals surface area contributed by atoms with Crippen LogP contribution in [0.5, 0.6) is 0 Å². The highest BCUT2D eigenvalue weighted by atomic mass is 32.2. The molecule has 0 radical (unpaired) electrons. The lowest BCUT2D eigenvalue weighted by Crippen LogP contribution is -2.46. The van der Waals surface area contributed by atoms with Gasteiger partial charge in [0.1, 0.15) is 0 Å². The number of piperazine rings is 1. The molecular weight excluding hydrogens is 284 g/mol. The fourth-order valence-corrected chi connectivity index (χ4v) is 4.27. The molecule has 1 fully saturated rings. The molecule has 0 N–H and O–H groups in total. The summed E-state index contributed by atoms with van der Waals surface area (Å²) >= 11 is 1.85. The minimum Gasteiger partial charge on any atom is -0.465 e. The minimum atomic E-state index is -0.250. The van der Waals surface area contributed by atoms with E-state index >= 15 is 0 Å². The molecule has 1 aromatic rings. The number of methoxy groups -OCH3 is 1. The first-order chi connectivity index (χ1) is 10.2. The van der Waals surface area contributed by atoms with Crippen LogP contribution >= 0.6 is 11.8 Å². The van der Waals surface area contributed by atoms with Crippen LogP contribution in [0.2, 0.25) is 0 Å². The number of carbonyl (C=O) groups is 1. The van der Waals surface area contributed by atoms with Crippen LogP contribution in [0, 0.1) is 0 Å². The van der Waals surface area contributed by atoms with Gasteiger partial charge in [-0.25, -0.2) is 4.79 Å². The summed E-state index contributed by atoms with van der Waals surface area (Å²) in [5, 5.41) is 0. The molecule has 3 rings (SSSR count). The first kappa shape index (κ1) is 14.9. The van der Waals surface area contributed by atoms with Gasteiger partial charge >= 0.3 is 5.97 Å². The van der Waals surface area contributed by atoms with Crippen molar-refractivity contribution in [2.24, 2.45) is 0 Å². The Kier molecular flexibility index (Phi) is 4.52. The molecule has 21 heavy (non-hydrogen) atoms. The Balaban J connectivity index is 1.83. The number of hydrogen-bond donors (Lipinski definition) is 0. The molecule has 114 valence electrons. The summed E-state index contributed by atoms with van der Waals surface area (Å²) in [6.45, 7) is 4.53. The zero-order valence-electron chi connectivity index (χ0n) is 12.7. The Labute approximate surface area is 130 Å². The predicted molar refractivity (Wildman–Crippen MR) is 84.9 cm³/mol. The predicted octanol–water partition coefficient (Wildman–Crippen LogP) is 2.26. The largest absolute Gasteiger partial charge is 0.465 e. The fraction of sp³-hybridized carbons (Fsp3) is 0.562. The smallest absolute Gasteiger partial charge is 0.337 e. The van der Waals surface area contributed by atoms with Gasteiger partial charge < -0.3 is 9.64 Å². The van der Waals surface area contributed by atoms with E-state index < -0.39 is 0 Å². The number of carbonyl (C=O) groups excluding carboxylic acids is 1. The average Bonchev–Trinajstić information content (AvgIpc) is 2.54. The van der Waals surface area contributed by atoms with E-state index in [-0.39, 0.29) is 5.97 Å². The van der Waals surface area contributed by atoms with Crippen molar-refractivity contribution in [3.8, 4) is 0 Å². The molecule has 2 heterocycles. The van der Waals surface area contributed by atoms with Gasteiger partial charge in [-0.15, -0.1) is 11.8 Å². The van der Waals surface area contributed by atoms with Gasteiger partial charge in [0.05, 0.1) is 12.7 Å². The van der Waals surface area contributed by atoms with E-state index in [1.54, 1.807) is 0 Å². The van der Waals surface area contributed by atoms with E-state index in [1.807, 2.05) is 23.9 Å². The van der Waals surface area contributed by atoms with Crippen LogP contribution in [0.25, 0.3) is 0 Å². The molecule has 2 aliphatic heterocycles. The third kappa shape index (κ3) is 3.10. The summed E-state index contributed by atoms with van der Waals surface area (Å²) in [7, 11) is 3.62. The molecule has 0 aliphatic carbocycles. The number of benzene rings is 1. The van der Waals surface area contributed by atoms with Gasteiger partial charge in [-0.2, -0.15) is 0 Å². The van der Waals surface area contributed by atoms with Crippen molar-refractivity contribution >= 4 is 17.7 Å². The van der Waals surface area contributed by atoms with E-state index in [4.69, 9.17) is 4.74 Å². The summed E-state index contributed by atoms with van der Waals surface area (Å²) in [5.74, 6) is 0.870. The summed E-state index contributed by atoms with van der Waals surface area (Å²) in [4.78, 5) is 17.9. The topological polar surface area (TPSA) is 32.8 Å². The second-order valence-electron chi connectivity index (χ2n) is 5.74. The summed E-state index contributed by atoms with van der Waals surface area (Å²) in [5.41, 5.74) is 2.03. The average molecular weight is 306 g/mol. The maximum absolute atomic E-state index is 11.7. The first-order valence-corrected chi connectivity index (χ1v) is 8.45. The van der Waals surface area contributed by atoms with Crippen LogP contribution in [0.1, 0.15) is 28.4 Å². The Hall–Kier alpha value is -1.04. The number of ether oxygens (including phenoxy) is 1. The number of fused-ring (bicyclic) bond motifs is 1. The van der Waals surface area contributed by atoms with Crippen molar-refractivity contribution in [2.75, 3.05) is 46.1 Å². The van der Waals surface area contributed by atoms with Crippen molar-refractivity contribution in [3.63, 3.8) is 0 Å². The molecule has 5 heteroatoms. The first-order valence-electron chi connectivity index (χ1n) is 7.46. The molecular formula is C16H22N2O2S. The van der Waals surface area contributed by atoms with Gasteiger partial charge in [-0.05, 0) is 36.9 Å². The number of hydrogen-bond acceptors (Lipinski definition) is 5. The normalized spacial score (nSPS) is 23.6. The maximum atomic E-state index is 11.7. The summed E-state index contributed by atoms with van der Waals surface area (Å²) in [6.07, 6.45) is 1.19. The van der Waals surface area contributed by atoms with Crippen molar-refractivity contribution in [1.82, 2.24) is 9.80 Å². The van der Waals surface area contributed by atoms with Crippen molar-refractivity contribution in [1.29, 1.82) is 0 Å². The number of rotatable bonds is 2. The molecule has 2 aliphatic rings. The Morgan fingerprint density at radius 3 is 2.76 bits per heavy atom. The van der Waals surface area contributed by atoms with Gasteiger partial charge in [0.2, 0.25) is 0 Å². The monoisotopic (exact) mass is 306 g/mol. The molecule has 0 spiro atoms. The van der Waals surface area contributed by atoms with Gasteiger partial charge in [0.25, 0.3) is 0 Å². The maximum Gasteiger partial charge on any atom is 0.337 e. The number of esters is 1. The van der Waals surface area contributed by atoms with Crippen LogP contribution < -0.4 is 0 Å². The molecule has 4 nitrogen and oxygen atoms in total. The molecule has 0 bridgehead atoms. The van der Waals surface area contributed by atoms with Crippen LogP contribution in [0.4, 0.5) is 0 Å². The van der Waals surface area contributed by atoms with E-state index in [9.17, 15) is 4.79 Å². The Morgan fingerprint density at radius 1 is 1.29 bits per heavy atom. The molecule has 0 amide bonds. The van der Waals surface area contributed by atoms with Gasteiger partial charge in [0.15, 0.2) is 0 Å². The van der Waals surface area contributed by atoms with Gasteiger partial charge in [-0.1, -0.05) is 6.07 Å². The van der Waals surface area contributed by atoms with Gasteiger partial charge in [-0.3, -0.25) is 4.90 Å². The lowest BCUT2D eigenvalue weighted by molar-refractivity contribution is 0.0600. The molecule has 1 saturated heterocycles. The number of likely N-dealkylation sites (N-methyl/N-ethyl adjacent to an activating group) is 1. The molecule has 1 unspecified atom stereocenters. The standard InChI is InChI=1S/C16H22N2O2S/c1-17-6-8-18(9-7-17)14-5-10-21-15-11-12(16(19)20-2)3-4-13(14)15/h3-4,11,14H,5-10H2,1-2H3. The highest BCUT2D eigenvalue weighted by Crippen LogP contribution is 2.40. The van der Waals surface area contributed by atoms with Crippen LogP contribution in [-0.2, 0) is 4.74 Å². The summed E-state index contributed by atoms with van der Waals surface area (Å²) in [6, 6.07) is 6.52. The van der Waals surface area contributed by atoms with Crippen molar-refractivity contribution in [3.05, 3.63) is 29.3 Å². The van der Waals surface area contributed by atoms with E-state index in [0.717, 1.165) is 31.9 Å². The SMILES string of the molecule is COC(=O)c1ccc2c(c1)SCCC2N1CCN(C)CC1. The van der Waals surface area contributed by atoms with E-state index in [1.165, 1.54) is 24.0 Å². The van der Waals surface area contributed by atoms with Crippen molar-refractivity contribution < 1.29 is 9.53 Å². The third-order valence-corrected chi connectivity index (χ3v) is 5.53. The zero-order chi connectivity index (χ0) is 14.8. The van der Waals surface area contributed by atoms with Gasteiger partial charge in [0, 0.05) is 37.1 Å². The molecule has 0 saturated carbocycles.